The van der Waals surface area contributed by atoms with Gasteiger partial charge in [-0.3, -0.25) is 4.79 Å². The maximum absolute atomic E-state index is 15.5. The van der Waals surface area contributed by atoms with E-state index in [4.69, 9.17) is 4.74 Å². The minimum atomic E-state index is -1.09. The van der Waals surface area contributed by atoms with Crippen LogP contribution in [0.2, 0.25) is 0 Å². The molecule has 0 saturated carbocycles. The van der Waals surface area contributed by atoms with Crippen molar-refractivity contribution in [2.24, 2.45) is 0 Å². The standard InChI is InChI=1S/C41H26F2N2O2/c1-25-24-44(28-9-3-2-4-10-28)37-23-29(17-18-30(37)40(25)46)45-35-19-15-26(42)21-33(35)41(34-22-27(43)16-20-36(34)45)31-11-5-7-13-38(31)47-39-14-8-6-12-32(39)41/h2-24H,1H3. The molecule has 9 rings (SSSR count). The van der Waals surface area contributed by atoms with Crippen molar-refractivity contribution in [1.29, 1.82) is 0 Å². The number of pyridine rings is 1. The fraction of sp³-hybridized carbons (Fsp3) is 0.0488. The van der Waals surface area contributed by atoms with Crippen LogP contribution in [0.15, 0.2) is 144 Å². The number of nitrogens with zero attached hydrogens (tertiary/aromatic N) is 2. The smallest absolute Gasteiger partial charge is 0.192 e. The molecule has 3 heterocycles. The van der Waals surface area contributed by atoms with E-state index in [-0.39, 0.29) is 5.43 Å². The fourth-order valence-corrected chi connectivity index (χ4v) is 7.52. The summed E-state index contributed by atoms with van der Waals surface area (Å²) in [4.78, 5) is 15.4. The average Bonchev–Trinajstić information content (AvgIpc) is 3.10. The molecule has 6 heteroatoms. The predicted octanol–water partition coefficient (Wildman–Crippen LogP) is 9.85. The first-order chi connectivity index (χ1) is 22.9. The van der Waals surface area contributed by atoms with Crippen molar-refractivity contribution in [3.63, 3.8) is 0 Å². The van der Waals surface area contributed by atoms with Gasteiger partial charge < -0.3 is 14.2 Å². The fourth-order valence-electron chi connectivity index (χ4n) is 7.52. The zero-order chi connectivity index (χ0) is 31.9. The zero-order valence-corrected chi connectivity index (χ0v) is 25.2. The summed E-state index contributed by atoms with van der Waals surface area (Å²) in [6.07, 6.45) is 1.86. The van der Waals surface area contributed by atoms with Crippen LogP contribution in [0.25, 0.3) is 16.6 Å². The molecular weight excluding hydrogens is 590 g/mol. The summed E-state index contributed by atoms with van der Waals surface area (Å²) in [5.41, 5.74) is 6.25. The van der Waals surface area contributed by atoms with Gasteiger partial charge in [-0.1, -0.05) is 54.6 Å². The van der Waals surface area contributed by atoms with Crippen molar-refractivity contribution in [3.05, 3.63) is 189 Å². The number of hydrogen-bond acceptors (Lipinski definition) is 3. The van der Waals surface area contributed by atoms with E-state index in [9.17, 15) is 4.79 Å². The van der Waals surface area contributed by atoms with E-state index >= 15 is 8.78 Å². The van der Waals surface area contributed by atoms with Crippen LogP contribution in [0.3, 0.4) is 0 Å². The van der Waals surface area contributed by atoms with Gasteiger partial charge in [0, 0.05) is 39.6 Å². The molecule has 0 radical (unpaired) electrons. The zero-order valence-electron chi connectivity index (χ0n) is 25.2. The Kier molecular flexibility index (Phi) is 5.81. The largest absolute Gasteiger partial charge is 0.457 e. The van der Waals surface area contributed by atoms with Crippen molar-refractivity contribution in [2.75, 3.05) is 4.90 Å². The van der Waals surface area contributed by atoms with E-state index in [1.54, 1.807) is 24.3 Å². The molecule has 0 amide bonds. The van der Waals surface area contributed by atoms with Gasteiger partial charge in [0.05, 0.1) is 22.3 Å². The second-order valence-electron chi connectivity index (χ2n) is 12.1. The number of rotatable bonds is 2. The number of para-hydroxylation sites is 3. The van der Waals surface area contributed by atoms with Crippen molar-refractivity contribution in [1.82, 2.24) is 4.57 Å². The summed E-state index contributed by atoms with van der Waals surface area (Å²) < 4.78 is 39.5. The maximum atomic E-state index is 15.5. The molecular formula is C41H26F2N2O2. The molecule has 4 nitrogen and oxygen atoms in total. The highest BCUT2D eigenvalue weighted by molar-refractivity contribution is 5.94. The maximum Gasteiger partial charge on any atom is 0.192 e. The predicted molar refractivity (Wildman–Crippen MR) is 181 cm³/mol. The number of fused-ring (bicyclic) bond motifs is 9. The van der Waals surface area contributed by atoms with E-state index in [0.29, 0.717) is 33.6 Å². The summed E-state index contributed by atoms with van der Waals surface area (Å²) in [5.74, 6) is 0.434. The first kappa shape index (κ1) is 27.3. The Balaban J connectivity index is 1.40. The SMILES string of the molecule is Cc1cn(-c2ccccc2)c2cc(N3c4ccc(F)cc4C4(c5ccccc5Oc5ccccc54)c4cc(F)ccc43)ccc2c1=O. The molecule has 0 N–H and O–H groups in total. The molecule has 1 spiro atoms. The lowest BCUT2D eigenvalue weighted by Gasteiger charge is -2.48. The number of aromatic nitrogens is 1. The van der Waals surface area contributed by atoms with E-state index in [1.165, 1.54) is 12.1 Å². The molecule has 0 bridgehead atoms. The normalized spacial score (nSPS) is 13.8. The van der Waals surface area contributed by atoms with Crippen molar-refractivity contribution < 1.29 is 13.5 Å². The van der Waals surface area contributed by atoms with E-state index in [1.807, 2.05) is 120 Å². The van der Waals surface area contributed by atoms with Crippen LogP contribution in [0.4, 0.5) is 25.8 Å². The van der Waals surface area contributed by atoms with Gasteiger partial charge in [0.15, 0.2) is 5.43 Å². The molecule has 6 aromatic carbocycles. The van der Waals surface area contributed by atoms with Gasteiger partial charge in [0.1, 0.15) is 23.1 Å². The lowest BCUT2D eigenvalue weighted by atomic mass is 9.61. The van der Waals surface area contributed by atoms with Crippen LogP contribution in [-0.4, -0.2) is 4.57 Å². The Morgan fingerprint density at radius 2 is 1.17 bits per heavy atom. The molecule has 0 atom stereocenters. The Labute approximate surface area is 269 Å². The average molecular weight is 617 g/mol. The first-order valence-electron chi connectivity index (χ1n) is 15.4. The third-order valence-electron chi connectivity index (χ3n) is 9.47. The van der Waals surface area contributed by atoms with Crippen molar-refractivity contribution >= 4 is 28.0 Å². The molecule has 0 unspecified atom stereocenters. The number of benzene rings is 6. The number of aryl methyl sites for hydroxylation is 1. The van der Waals surface area contributed by atoms with Gasteiger partial charge >= 0.3 is 0 Å². The van der Waals surface area contributed by atoms with Crippen LogP contribution in [-0.2, 0) is 5.41 Å². The second-order valence-corrected chi connectivity index (χ2v) is 12.1. The summed E-state index contributed by atoms with van der Waals surface area (Å²) in [6.45, 7) is 1.82. The Morgan fingerprint density at radius 3 is 1.79 bits per heavy atom. The van der Waals surface area contributed by atoms with E-state index < -0.39 is 17.0 Å². The summed E-state index contributed by atoms with van der Waals surface area (Å²) in [7, 11) is 0. The molecule has 226 valence electrons. The molecule has 2 aliphatic rings. The highest BCUT2D eigenvalue weighted by Gasteiger charge is 2.51. The van der Waals surface area contributed by atoms with Crippen LogP contribution in [0.5, 0.6) is 11.5 Å². The number of halogens is 2. The van der Waals surface area contributed by atoms with Crippen LogP contribution >= 0.6 is 0 Å². The summed E-state index contributed by atoms with van der Waals surface area (Å²) >= 11 is 0. The molecule has 0 saturated heterocycles. The third-order valence-corrected chi connectivity index (χ3v) is 9.47. The third kappa shape index (κ3) is 3.82. The van der Waals surface area contributed by atoms with Gasteiger partial charge in [-0.05, 0) is 96.9 Å². The first-order valence-corrected chi connectivity index (χ1v) is 15.4. The molecule has 1 aromatic heterocycles. The van der Waals surface area contributed by atoms with Gasteiger partial charge in [0.2, 0.25) is 0 Å². The number of hydrogen-bond donors (Lipinski definition) is 0. The molecule has 47 heavy (non-hydrogen) atoms. The molecule has 0 aliphatic carbocycles. The Bertz CT molecular complexity index is 2370. The topological polar surface area (TPSA) is 34.5 Å². The van der Waals surface area contributed by atoms with Crippen molar-refractivity contribution in [2.45, 2.75) is 12.3 Å². The molecule has 7 aromatic rings. The monoisotopic (exact) mass is 616 g/mol. The summed E-state index contributed by atoms with van der Waals surface area (Å²) in [6, 6.07) is 40.6. The quantitative estimate of drug-likeness (QED) is 0.194. The second kappa shape index (κ2) is 9.99. The van der Waals surface area contributed by atoms with Crippen LogP contribution in [0.1, 0.15) is 27.8 Å². The lowest BCUT2D eigenvalue weighted by Crippen LogP contribution is -2.40. The lowest BCUT2D eigenvalue weighted by molar-refractivity contribution is 0.433. The van der Waals surface area contributed by atoms with E-state index in [0.717, 1.165) is 39.4 Å². The highest BCUT2D eigenvalue weighted by Crippen LogP contribution is 2.62. The number of anilines is 3. The van der Waals surface area contributed by atoms with Crippen LogP contribution in [0, 0.1) is 18.6 Å². The van der Waals surface area contributed by atoms with Crippen LogP contribution < -0.4 is 15.1 Å². The van der Waals surface area contributed by atoms with Gasteiger partial charge in [-0.25, -0.2) is 8.78 Å². The molecule has 0 fully saturated rings. The Hall–Kier alpha value is -6.01. The van der Waals surface area contributed by atoms with Gasteiger partial charge in [-0.2, -0.15) is 0 Å². The Morgan fingerprint density at radius 1 is 0.596 bits per heavy atom. The van der Waals surface area contributed by atoms with Gasteiger partial charge in [0.25, 0.3) is 0 Å². The minimum absolute atomic E-state index is 0.0447. The minimum Gasteiger partial charge on any atom is -0.457 e. The van der Waals surface area contributed by atoms with Crippen molar-refractivity contribution in [3.8, 4) is 17.2 Å². The summed E-state index contributed by atoms with van der Waals surface area (Å²) in [5, 5.41) is 0.581. The number of ether oxygens (including phenoxy) is 1. The highest BCUT2D eigenvalue weighted by atomic mass is 19.1. The van der Waals surface area contributed by atoms with Gasteiger partial charge in [-0.15, -0.1) is 0 Å². The van der Waals surface area contributed by atoms with E-state index in [2.05, 4.69) is 0 Å². The molecule has 2 aliphatic heterocycles.